The van der Waals surface area contributed by atoms with Crippen molar-refractivity contribution < 1.29 is 29.7 Å². The summed E-state index contributed by atoms with van der Waals surface area (Å²) in [4.78, 5) is 31.2. The molecule has 0 spiro atoms. The highest BCUT2D eigenvalue weighted by Crippen LogP contribution is 2.04. The van der Waals surface area contributed by atoms with Crippen LogP contribution in [-0.2, 0) is 14.4 Å². The van der Waals surface area contributed by atoms with Crippen molar-refractivity contribution in [2.24, 2.45) is 0 Å². The molecule has 0 bridgehead atoms. The summed E-state index contributed by atoms with van der Waals surface area (Å²) < 4.78 is 0. The molecule has 0 saturated carbocycles. The molecule has 0 aromatic carbocycles. The van der Waals surface area contributed by atoms with E-state index in [0.717, 1.165) is 18.2 Å². The summed E-state index contributed by atoms with van der Waals surface area (Å²) in [6.07, 6.45) is 1.71. The number of carbonyl (C=O) groups excluding carboxylic acids is 3. The molecule has 3 amide bonds. The molecule has 0 aromatic rings. The van der Waals surface area contributed by atoms with E-state index < -0.39 is 36.2 Å². The van der Waals surface area contributed by atoms with Crippen molar-refractivity contribution in [3.8, 4) is 0 Å². The SMILES string of the molecule is C=CC(=O)NC(=O)C=C.C=CC(=O)NC(O)(CO)C(C)O. The molecule has 0 aliphatic carbocycles. The zero-order valence-electron chi connectivity index (χ0n) is 11.7. The molecule has 0 aliphatic heterocycles. The second kappa shape index (κ2) is 10.5. The van der Waals surface area contributed by atoms with E-state index in [1.165, 1.54) is 6.92 Å². The molecule has 0 rings (SSSR count). The van der Waals surface area contributed by atoms with Gasteiger partial charge in [-0.05, 0) is 25.2 Å². The Morgan fingerprint density at radius 1 is 1.10 bits per heavy atom. The van der Waals surface area contributed by atoms with E-state index in [0.29, 0.717) is 0 Å². The molecule has 21 heavy (non-hydrogen) atoms. The number of aliphatic hydroxyl groups is 3. The minimum absolute atomic E-state index is 0.514. The van der Waals surface area contributed by atoms with Gasteiger partial charge >= 0.3 is 0 Å². The maximum Gasteiger partial charge on any atom is 0.250 e. The number of hydrogen-bond acceptors (Lipinski definition) is 6. The molecule has 0 radical (unpaired) electrons. The van der Waals surface area contributed by atoms with Gasteiger partial charge in [-0.3, -0.25) is 19.7 Å². The highest BCUT2D eigenvalue weighted by molar-refractivity contribution is 6.04. The quantitative estimate of drug-likeness (QED) is 0.294. The van der Waals surface area contributed by atoms with Gasteiger partial charge in [0.05, 0.1) is 6.61 Å². The zero-order chi connectivity index (χ0) is 17.1. The van der Waals surface area contributed by atoms with Crippen LogP contribution in [0.3, 0.4) is 0 Å². The predicted octanol–water partition coefficient (Wildman–Crippen LogP) is -1.65. The van der Waals surface area contributed by atoms with Crippen molar-refractivity contribution in [1.29, 1.82) is 0 Å². The van der Waals surface area contributed by atoms with Crippen LogP contribution in [0.2, 0.25) is 0 Å². The molecule has 8 nitrogen and oxygen atoms in total. The van der Waals surface area contributed by atoms with Gasteiger partial charge in [0.15, 0.2) is 5.72 Å². The van der Waals surface area contributed by atoms with E-state index in [1.807, 2.05) is 10.6 Å². The summed E-state index contributed by atoms with van der Waals surface area (Å²) in [5.41, 5.74) is -1.99. The van der Waals surface area contributed by atoms with Crippen LogP contribution in [0.5, 0.6) is 0 Å². The first-order valence-electron chi connectivity index (χ1n) is 5.72. The largest absolute Gasteiger partial charge is 0.391 e. The number of carbonyl (C=O) groups is 3. The monoisotopic (exact) mass is 300 g/mol. The van der Waals surface area contributed by atoms with Crippen molar-refractivity contribution in [2.75, 3.05) is 6.61 Å². The van der Waals surface area contributed by atoms with Crippen LogP contribution in [0.4, 0.5) is 0 Å². The maximum absolute atomic E-state index is 10.7. The minimum Gasteiger partial charge on any atom is -0.391 e. The summed E-state index contributed by atoms with van der Waals surface area (Å²) in [5, 5.41) is 30.9. The molecule has 0 heterocycles. The Hall–Kier alpha value is -2.29. The summed E-state index contributed by atoms with van der Waals surface area (Å²) in [6.45, 7) is 9.94. The summed E-state index contributed by atoms with van der Waals surface area (Å²) in [5.74, 6) is -1.69. The maximum atomic E-state index is 10.7. The fourth-order valence-electron chi connectivity index (χ4n) is 0.764. The van der Waals surface area contributed by atoms with Crippen LogP contribution in [0.15, 0.2) is 38.0 Å². The molecule has 118 valence electrons. The first-order valence-corrected chi connectivity index (χ1v) is 5.72. The molecule has 0 aliphatic rings. The Morgan fingerprint density at radius 3 is 1.71 bits per heavy atom. The third-order valence-electron chi connectivity index (χ3n) is 2.07. The lowest BCUT2D eigenvalue weighted by molar-refractivity contribution is -0.144. The Morgan fingerprint density at radius 2 is 1.48 bits per heavy atom. The average molecular weight is 300 g/mol. The van der Waals surface area contributed by atoms with Crippen LogP contribution in [-0.4, -0.2) is 51.5 Å². The Balaban J connectivity index is 0. The van der Waals surface area contributed by atoms with Crippen LogP contribution < -0.4 is 10.6 Å². The van der Waals surface area contributed by atoms with Gasteiger partial charge in [-0.2, -0.15) is 0 Å². The lowest BCUT2D eigenvalue weighted by Crippen LogP contribution is -2.58. The lowest BCUT2D eigenvalue weighted by Gasteiger charge is -2.29. The second-order valence-corrected chi connectivity index (χ2v) is 3.71. The van der Waals surface area contributed by atoms with Crippen molar-refractivity contribution >= 4 is 17.7 Å². The van der Waals surface area contributed by atoms with Gasteiger partial charge < -0.3 is 20.6 Å². The lowest BCUT2D eigenvalue weighted by atomic mass is 10.1. The molecular weight excluding hydrogens is 280 g/mol. The topological polar surface area (TPSA) is 136 Å². The highest BCUT2D eigenvalue weighted by Gasteiger charge is 2.32. The van der Waals surface area contributed by atoms with Gasteiger partial charge in [0, 0.05) is 0 Å². The smallest absolute Gasteiger partial charge is 0.250 e. The normalized spacial score (nSPS) is 13.3. The summed E-state index contributed by atoms with van der Waals surface area (Å²) in [7, 11) is 0. The number of aliphatic hydroxyl groups excluding tert-OH is 2. The third-order valence-corrected chi connectivity index (χ3v) is 2.07. The zero-order valence-corrected chi connectivity index (χ0v) is 11.7. The van der Waals surface area contributed by atoms with Crippen LogP contribution >= 0.6 is 0 Å². The Bertz CT molecular complexity index is 401. The summed E-state index contributed by atoms with van der Waals surface area (Å²) >= 11 is 0. The van der Waals surface area contributed by atoms with Crippen LogP contribution in [0.25, 0.3) is 0 Å². The molecule has 2 atom stereocenters. The van der Waals surface area contributed by atoms with Crippen molar-refractivity contribution in [1.82, 2.24) is 10.6 Å². The minimum atomic E-state index is -1.99. The van der Waals surface area contributed by atoms with Gasteiger partial charge in [0.25, 0.3) is 0 Å². The number of rotatable bonds is 6. The molecule has 0 saturated heterocycles. The molecule has 8 heteroatoms. The van der Waals surface area contributed by atoms with Gasteiger partial charge in [0.2, 0.25) is 17.7 Å². The van der Waals surface area contributed by atoms with Gasteiger partial charge in [-0.25, -0.2) is 0 Å². The highest BCUT2D eigenvalue weighted by atomic mass is 16.4. The second-order valence-electron chi connectivity index (χ2n) is 3.71. The number of nitrogens with one attached hydrogen (secondary N) is 2. The fraction of sp³-hybridized carbons (Fsp3) is 0.308. The first kappa shape index (κ1) is 21.0. The van der Waals surface area contributed by atoms with E-state index in [4.69, 9.17) is 10.2 Å². The third kappa shape index (κ3) is 9.27. The predicted molar refractivity (Wildman–Crippen MR) is 75.6 cm³/mol. The van der Waals surface area contributed by atoms with Crippen LogP contribution in [0, 0.1) is 0 Å². The fourth-order valence-corrected chi connectivity index (χ4v) is 0.764. The number of amides is 3. The van der Waals surface area contributed by atoms with Crippen molar-refractivity contribution in [3.05, 3.63) is 38.0 Å². The molecule has 2 unspecified atom stereocenters. The first-order chi connectivity index (χ1) is 9.66. The van der Waals surface area contributed by atoms with Gasteiger partial charge in [-0.15, -0.1) is 0 Å². The van der Waals surface area contributed by atoms with Crippen LogP contribution in [0.1, 0.15) is 6.92 Å². The molecule has 5 N–H and O–H groups in total. The molecule has 0 aromatic heterocycles. The molecule has 0 fully saturated rings. The standard InChI is InChI=1S/C7H13NO4.C6H7NO2/c1-3-6(11)8-7(12,4-9)5(2)10;1-3-5(8)7-6(9)4-2/h3,5,9-10,12H,1,4H2,2H3,(H,8,11);3-4H,1-2H2,(H,7,8,9). The van der Waals surface area contributed by atoms with E-state index >= 15 is 0 Å². The Labute approximate surface area is 122 Å². The number of imide groups is 1. The molecular formula is C13H20N2O6. The Kier molecular flexibility index (Phi) is 10.5. The van der Waals surface area contributed by atoms with Gasteiger partial charge in [0.1, 0.15) is 6.10 Å². The van der Waals surface area contributed by atoms with E-state index in [1.54, 1.807) is 0 Å². The van der Waals surface area contributed by atoms with E-state index in [9.17, 15) is 19.5 Å². The summed E-state index contributed by atoms with van der Waals surface area (Å²) in [6, 6.07) is 0. The van der Waals surface area contributed by atoms with Crippen molar-refractivity contribution in [3.63, 3.8) is 0 Å². The van der Waals surface area contributed by atoms with Gasteiger partial charge in [-0.1, -0.05) is 19.7 Å². The number of hydrogen-bond donors (Lipinski definition) is 5. The van der Waals surface area contributed by atoms with E-state index in [2.05, 4.69) is 19.7 Å². The average Bonchev–Trinajstić information content (AvgIpc) is 2.46. The van der Waals surface area contributed by atoms with Crippen molar-refractivity contribution in [2.45, 2.75) is 18.8 Å². The van der Waals surface area contributed by atoms with E-state index in [-0.39, 0.29) is 0 Å².